The lowest BCUT2D eigenvalue weighted by Gasteiger charge is -2.12. The van der Waals surface area contributed by atoms with E-state index in [0.29, 0.717) is 11.7 Å². The zero-order chi connectivity index (χ0) is 12.3. The van der Waals surface area contributed by atoms with Gasteiger partial charge in [0.1, 0.15) is 0 Å². The third-order valence-corrected chi connectivity index (χ3v) is 4.01. The van der Waals surface area contributed by atoms with Crippen molar-refractivity contribution in [2.45, 2.75) is 33.2 Å². The van der Waals surface area contributed by atoms with Crippen LogP contribution in [0.25, 0.3) is 0 Å². The SMILES string of the molecule is CCS(=O)(=O)N(C)Cc1nc(C(C)C)no1. The molecule has 0 atom stereocenters. The molecule has 0 amide bonds. The summed E-state index contributed by atoms with van der Waals surface area (Å²) in [7, 11) is -1.70. The van der Waals surface area contributed by atoms with Crippen molar-refractivity contribution in [2.24, 2.45) is 0 Å². The molecule has 16 heavy (non-hydrogen) atoms. The van der Waals surface area contributed by atoms with E-state index in [9.17, 15) is 8.42 Å². The molecule has 0 bridgehead atoms. The number of nitrogens with zero attached hydrogens (tertiary/aromatic N) is 3. The van der Waals surface area contributed by atoms with Crippen LogP contribution in [0, 0.1) is 0 Å². The average Bonchev–Trinajstić information content (AvgIpc) is 2.66. The van der Waals surface area contributed by atoms with Gasteiger partial charge in [-0.05, 0) is 6.92 Å². The van der Waals surface area contributed by atoms with Crippen LogP contribution in [0.1, 0.15) is 38.4 Å². The van der Waals surface area contributed by atoms with Gasteiger partial charge in [-0.15, -0.1) is 0 Å². The fraction of sp³-hybridized carbons (Fsp3) is 0.778. The van der Waals surface area contributed by atoms with Crippen molar-refractivity contribution in [3.63, 3.8) is 0 Å². The first-order valence-corrected chi connectivity index (χ1v) is 6.74. The fourth-order valence-electron chi connectivity index (χ4n) is 1.08. The molecule has 92 valence electrons. The minimum absolute atomic E-state index is 0.0642. The Hall–Kier alpha value is -0.950. The van der Waals surface area contributed by atoms with Crippen molar-refractivity contribution >= 4 is 10.0 Å². The fourth-order valence-corrected chi connectivity index (χ4v) is 1.82. The van der Waals surface area contributed by atoms with Gasteiger partial charge in [-0.1, -0.05) is 19.0 Å². The molecule has 0 aliphatic carbocycles. The Morgan fingerprint density at radius 3 is 2.50 bits per heavy atom. The Balaban J connectivity index is 2.74. The lowest BCUT2D eigenvalue weighted by Crippen LogP contribution is -2.27. The van der Waals surface area contributed by atoms with Gasteiger partial charge in [0.2, 0.25) is 15.9 Å². The topological polar surface area (TPSA) is 76.3 Å². The molecule has 1 aromatic rings. The smallest absolute Gasteiger partial charge is 0.241 e. The van der Waals surface area contributed by atoms with Crippen LogP contribution < -0.4 is 0 Å². The van der Waals surface area contributed by atoms with Crippen molar-refractivity contribution in [3.05, 3.63) is 11.7 Å². The first-order chi connectivity index (χ1) is 7.36. The summed E-state index contributed by atoms with van der Waals surface area (Å²) in [6.07, 6.45) is 0. The first kappa shape index (κ1) is 13.1. The van der Waals surface area contributed by atoms with Crippen LogP contribution in [0.3, 0.4) is 0 Å². The summed E-state index contributed by atoms with van der Waals surface area (Å²) in [6.45, 7) is 5.61. The van der Waals surface area contributed by atoms with E-state index in [4.69, 9.17) is 4.52 Å². The summed E-state index contributed by atoms with van der Waals surface area (Å²) in [4.78, 5) is 4.11. The van der Waals surface area contributed by atoms with E-state index in [1.54, 1.807) is 6.92 Å². The number of sulfonamides is 1. The van der Waals surface area contributed by atoms with Crippen molar-refractivity contribution in [3.8, 4) is 0 Å². The van der Waals surface area contributed by atoms with Crippen molar-refractivity contribution < 1.29 is 12.9 Å². The van der Waals surface area contributed by atoms with Crippen LogP contribution in [0.15, 0.2) is 4.52 Å². The van der Waals surface area contributed by atoms with Crippen LogP contribution in [-0.2, 0) is 16.6 Å². The molecule has 0 fully saturated rings. The van der Waals surface area contributed by atoms with Gasteiger partial charge < -0.3 is 4.52 Å². The molecular formula is C9H17N3O3S. The van der Waals surface area contributed by atoms with Gasteiger partial charge in [-0.3, -0.25) is 0 Å². The number of rotatable bonds is 5. The van der Waals surface area contributed by atoms with E-state index < -0.39 is 10.0 Å². The quantitative estimate of drug-likeness (QED) is 0.775. The maximum absolute atomic E-state index is 11.5. The standard InChI is InChI=1S/C9H17N3O3S/c1-5-16(13,14)12(4)6-8-10-9(7(2)3)11-15-8/h7H,5-6H2,1-4H3. The molecule has 0 unspecified atom stereocenters. The Morgan fingerprint density at radius 2 is 2.06 bits per heavy atom. The van der Waals surface area contributed by atoms with Gasteiger partial charge in [-0.25, -0.2) is 8.42 Å². The molecule has 0 radical (unpaired) electrons. The van der Waals surface area contributed by atoms with Crippen LogP contribution >= 0.6 is 0 Å². The maximum atomic E-state index is 11.5. The molecule has 0 aliphatic rings. The highest BCUT2D eigenvalue weighted by molar-refractivity contribution is 7.89. The average molecular weight is 247 g/mol. The third kappa shape index (κ3) is 3.02. The molecule has 1 heterocycles. The summed E-state index contributed by atoms with van der Waals surface area (Å²) in [5, 5.41) is 3.77. The molecule has 0 N–H and O–H groups in total. The minimum Gasteiger partial charge on any atom is -0.338 e. The molecule has 0 saturated carbocycles. The highest BCUT2D eigenvalue weighted by Crippen LogP contribution is 2.11. The monoisotopic (exact) mass is 247 g/mol. The van der Waals surface area contributed by atoms with Gasteiger partial charge >= 0.3 is 0 Å². The second-order valence-corrected chi connectivity index (χ2v) is 6.22. The van der Waals surface area contributed by atoms with E-state index >= 15 is 0 Å². The molecule has 0 saturated heterocycles. The largest absolute Gasteiger partial charge is 0.338 e. The highest BCUT2D eigenvalue weighted by Gasteiger charge is 2.19. The van der Waals surface area contributed by atoms with E-state index in [2.05, 4.69) is 10.1 Å². The summed E-state index contributed by atoms with van der Waals surface area (Å²) in [6, 6.07) is 0. The molecular weight excluding hydrogens is 230 g/mol. The Bertz CT molecular complexity index is 439. The van der Waals surface area contributed by atoms with Gasteiger partial charge in [0.05, 0.1) is 12.3 Å². The van der Waals surface area contributed by atoms with E-state index in [0.717, 1.165) is 0 Å². The zero-order valence-electron chi connectivity index (χ0n) is 9.97. The molecule has 1 rings (SSSR count). The van der Waals surface area contributed by atoms with Crippen LogP contribution in [0.4, 0.5) is 0 Å². The summed E-state index contributed by atoms with van der Waals surface area (Å²) >= 11 is 0. The van der Waals surface area contributed by atoms with Gasteiger partial charge in [0, 0.05) is 13.0 Å². The van der Waals surface area contributed by atoms with Gasteiger partial charge in [0.25, 0.3) is 0 Å². The van der Waals surface area contributed by atoms with E-state index in [-0.39, 0.29) is 18.2 Å². The predicted octanol–water partition coefficient (Wildman–Crippen LogP) is 0.975. The van der Waals surface area contributed by atoms with Crippen LogP contribution in [0.2, 0.25) is 0 Å². The zero-order valence-corrected chi connectivity index (χ0v) is 10.8. The Kier molecular flexibility index (Phi) is 4.03. The number of hydrogen-bond acceptors (Lipinski definition) is 5. The lowest BCUT2D eigenvalue weighted by molar-refractivity contribution is 0.333. The van der Waals surface area contributed by atoms with Crippen LogP contribution in [0.5, 0.6) is 0 Å². The number of aromatic nitrogens is 2. The molecule has 0 aromatic carbocycles. The summed E-state index contributed by atoms with van der Waals surface area (Å²) in [5.41, 5.74) is 0. The molecule has 0 spiro atoms. The number of hydrogen-bond donors (Lipinski definition) is 0. The second kappa shape index (κ2) is 4.92. The first-order valence-electron chi connectivity index (χ1n) is 5.13. The minimum atomic E-state index is -3.20. The van der Waals surface area contributed by atoms with E-state index in [1.807, 2.05) is 13.8 Å². The van der Waals surface area contributed by atoms with Crippen molar-refractivity contribution in [1.29, 1.82) is 0 Å². The summed E-state index contributed by atoms with van der Waals surface area (Å²) < 4.78 is 29.1. The van der Waals surface area contributed by atoms with Gasteiger partial charge in [-0.2, -0.15) is 9.29 Å². The van der Waals surface area contributed by atoms with E-state index in [1.165, 1.54) is 11.4 Å². The molecule has 1 aromatic heterocycles. The molecule has 6 nitrogen and oxygen atoms in total. The predicted molar refractivity (Wildman–Crippen MR) is 59.3 cm³/mol. The van der Waals surface area contributed by atoms with Crippen molar-refractivity contribution in [1.82, 2.24) is 14.4 Å². The van der Waals surface area contributed by atoms with Crippen LogP contribution in [-0.4, -0.2) is 35.7 Å². The lowest BCUT2D eigenvalue weighted by atomic mass is 10.2. The van der Waals surface area contributed by atoms with Crippen molar-refractivity contribution in [2.75, 3.05) is 12.8 Å². The Morgan fingerprint density at radius 1 is 1.44 bits per heavy atom. The molecule has 7 heteroatoms. The Labute approximate surface area is 95.7 Å². The normalized spacial score (nSPS) is 12.6. The second-order valence-electron chi connectivity index (χ2n) is 3.86. The molecule has 0 aliphatic heterocycles. The van der Waals surface area contributed by atoms with Gasteiger partial charge in [0.15, 0.2) is 5.82 Å². The highest BCUT2D eigenvalue weighted by atomic mass is 32.2. The maximum Gasteiger partial charge on any atom is 0.241 e. The summed E-state index contributed by atoms with van der Waals surface area (Å²) in [5.74, 6) is 1.15. The third-order valence-electron chi connectivity index (χ3n) is 2.20.